The molecule has 1 rings (SSSR count). The molecule has 2 heteroatoms. The normalized spacial score (nSPS) is 11.9. The third-order valence-electron chi connectivity index (χ3n) is 1.96. The van der Waals surface area contributed by atoms with Gasteiger partial charge in [0.05, 0.1) is 5.71 Å². The Hall–Kier alpha value is -1.31. The number of hydrazone groups is 1. The van der Waals surface area contributed by atoms with Gasteiger partial charge in [-0.3, -0.25) is 0 Å². The molecular formula is C12H18N2. The zero-order valence-corrected chi connectivity index (χ0v) is 9.33. The predicted octanol–water partition coefficient (Wildman–Crippen LogP) is 2.72. The third kappa shape index (κ3) is 3.21. The minimum atomic E-state index is 0.385. The van der Waals surface area contributed by atoms with Gasteiger partial charge in [0.1, 0.15) is 0 Å². The SMILES string of the molecule is C/C(=N/NC(C)C)c1ccc(C)cc1. The maximum absolute atomic E-state index is 4.29. The Morgan fingerprint density at radius 3 is 2.29 bits per heavy atom. The number of rotatable bonds is 3. The van der Waals surface area contributed by atoms with Gasteiger partial charge < -0.3 is 5.43 Å². The number of nitrogens with zero attached hydrogens (tertiary/aromatic N) is 1. The molecule has 2 nitrogen and oxygen atoms in total. The zero-order chi connectivity index (χ0) is 10.6. The van der Waals surface area contributed by atoms with Crippen molar-refractivity contribution in [1.29, 1.82) is 0 Å². The minimum Gasteiger partial charge on any atom is -0.307 e. The van der Waals surface area contributed by atoms with Gasteiger partial charge in [-0.2, -0.15) is 5.10 Å². The maximum atomic E-state index is 4.29. The standard InChI is InChI=1S/C12H18N2/c1-9(2)13-14-11(4)12-7-5-10(3)6-8-12/h5-9,13H,1-4H3/b14-11-. The fourth-order valence-electron chi connectivity index (χ4n) is 1.09. The van der Waals surface area contributed by atoms with E-state index in [9.17, 15) is 0 Å². The lowest BCUT2D eigenvalue weighted by Crippen LogP contribution is -2.18. The summed E-state index contributed by atoms with van der Waals surface area (Å²) in [5.41, 5.74) is 6.52. The number of hydrogen-bond acceptors (Lipinski definition) is 2. The number of aryl methyl sites for hydroxylation is 1. The molecular weight excluding hydrogens is 172 g/mol. The van der Waals surface area contributed by atoms with Crippen molar-refractivity contribution in [2.45, 2.75) is 33.7 Å². The van der Waals surface area contributed by atoms with E-state index in [1.165, 1.54) is 11.1 Å². The van der Waals surface area contributed by atoms with Gasteiger partial charge in [-0.25, -0.2) is 0 Å². The molecule has 0 radical (unpaired) electrons. The summed E-state index contributed by atoms with van der Waals surface area (Å²) in [7, 11) is 0. The van der Waals surface area contributed by atoms with E-state index in [1.54, 1.807) is 0 Å². The van der Waals surface area contributed by atoms with Crippen LogP contribution in [0.4, 0.5) is 0 Å². The second kappa shape index (κ2) is 4.80. The van der Waals surface area contributed by atoms with E-state index < -0.39 is 0 Å². The van der Waals surface area contributed by atoms with Crippen LogP contribution in [0.3, 0.4) is 0 Å². The van der Waals surface area contributed by atoms with Gasteiger partial charge in [0, 0.05) is 6.04 Å². The Bertz CT molecular complexity index is 310. The smallest absolute Gasteiger partial charge is 0.0644 e. The van der Waals surface area contributed by atoms with Crippen molar-refractivity contribution in [3.63, 3.8) is 0 Å². The van der Waals surface area contributed by atoms with Crippen molar-refractivity contribution in [3.8, 4) is 0 Å². The summed E-state index contributed by atoms with van der Waals surface area (Å²) in [6.45, 7) is 8.25. The Morgan fingerprint density at radius 2 is 1.79 bits per heavy atom. The predicted molar refractivity (Wildman–Crippen MR) is 61.7 cm³/mol. The van der Waals surface area contributed by atoms with Crippen LogP contribution in [0.15, 0.2) is 29.4 Å². The quantitative estimate of drug-likeness (QED) is 0.575. The van der Waals surface area contributed by atoms with Crippen LogP contribution in [-0.4, -0.2) is 11.8 Å². The number of nitrogens with one attached hydrogen (secondary N) is 1. The highest BCUT2D eigenvalue weighted by Gasteiger charge is 1.96. The van der Waals surface area contributed by atoms with Gasteiger partial charge in [0.15, 0.2) is 0 Å². The van der Waals surface area contributed by atoms with Crippen LogP contribution >= 0.6 is 0 Å². The first-order valence-corrected chi connectivity index (χ1v) is 4.96. The average molecular weight is 190 g/mol. The van der Waals surface area contributed by atoms with Gasteiger partial charge in [-0.05, 0) is 33.3 Å². The first-order valence-electron chi connectivity index (χ1n) is 4.96. The second-order valence-corrected chi connectivity index (χ2v) is 3.85. The zero-order valence-electron chi connectivity index (χ0n) is 9.33. The van der Waals surface area contributed by atoms with Crippen LogP contribution in [0.1, 0.15) is 31.9 Å². The Kier molecular flexibility index (Phi) is 3.69. The topological polar surface area (TPSA) is 24.4 Å². The molecule has 14 heavy (non-hydrogen) atoms. The lowest BCUT2D eigenvalue weighted by Gasteiger charge is -2.06. The van der Waals surface area contributed by atoms with E-state index in [2.05, 4.69) is 55.6 Å². The molecule has 0 amide bonds. The van der Waals surface area contributed by atoms with Crippen molar-refractivity contribution < 1.29 is 0 Å². The van der Waals surface area contributed by atoms with Crippen LogP contribution < -0.4 is 5.43 Å². The molecule has 0 aromatic heterocycles. The molecule has 0 atom stereocenters. The molecule has 0 unspecified atom stereocenters. The molecule has 0 aliphatic heterocycles. The van der Waals surface area contributed by atoms with Crippen molar-refractivity contribution in [1.82, 2.24) is 5.43 Å². The summed E-state index contributed by atoms with van der Waals surface area (Å²) in [6, 6.07) is 8.77. The van der Waals surface area contributed by atoms with E-state index in [4.69, 9.17) is 0 Å². The fourth-order valence-corrected chi connectivity index (χ4v) is 1.09. The second-order valence-electron chi connectivity index (χ2n) is 3.85. The summed E-state index contributed by atoms with van der Waals surface area (Å²) >= 11 is 0. The largest absolute Gasteiger partial charge is 0.307 e. The van der Waals surface area contributed by atoms with E-state index >= 15 is 0 Å². The van der Waals surface area contributed by atoms with Crippen LogP contribution in [0.5, 0.6) is 0 Å². The molecule has 1 N–H and O–H groups in total. The number of benzene rings is 1. The van der Waals surface area contributed by atoms with Gasteiger partial charge in [0.2, 0.25) is 0 Å². The summed E-state index contributed by atoms with van der Waals surface area (Å²) < 4.78 is 0. The lowest BCUT2D eigenvalue weighted by molar-refractivity contribution is 0.620. The maximum Gasteiger partial charge on any atom is 0.0644 e. The molecule has 76 valence electrons. The summed E-state index contributed by atoms with van der Waals surface area (Å²) in [5.74, 6) is 0. The van der Waals surface area contributed by atoms with Crippen molar-refractivity contribution >= 4 is 5.71 Å². The summed E-state index contributed by atoms with van der Waals surface area (Å²) in [4.78, 5) is 0. The molecule has 0 fully saturated rings. The van der Waals surface area contributed by atoms with E-state index in [0.29, 0.717) is 6.04 Å². The highest BCUT2D eigenvalue weighted by atomic mass is 15.3. The third-order valence-corrected chi connectivity index (χ3v) is 1.96. The Balaban J connectivity index is 2.73. The molecule has 0 heterocycles. The first-order chi connectivity index (χ1) is 6.59. The van der Waals surface area contributed by atoms with Crippen LogP contribution in [0, 0.1) is 6.92 Å². The van der Waals surface area contributed by atoms with Crippen LogP contribution in [0.25, 0.3) is 0 Å². The Morgan fingerprint density at radius 1 is 1.21 bits per heavy atom. The molecule has 1 aromatic carbocycles. The summed E-state index contributed by atoms with van der Waals surface area (Å²) in [5, 5.41) is 4.29. The highest BCUT2D eigenvalue weighted by molar-refractivity contribution is 5.98. The van der Waals surface area contributed by atoms with E-state index in [-0.39, 0.29) is 0 Å². The van der Waals surface area contributed by atoms with Crippen molar-refractivity contribution in [3.05, 3.63) is 35.4 Å². The number of hydrogen-bond donors (Lipinski definition) is 1. The molecule has 0 aliphatic carbocycles. The molecule has 0 spiro atoms. The van der Waals surface area contributed by atoms with E-state index in [0.717, 1.165) is 5.71 Å². The monoisotopic (exact) mass is 190 g/mol. The molecule has 0 aliphatic rings. The van der Waals surface area contributed by atoms with Gasteiger partial charge in [-0.15, -0.1) is 0 Å². The van der Waals surface area contributed by atoms with E-state index in [1.807, 2.05) is 6.92 Å². The van der Waals surface area contributed by atoms with Gasteiger partial charge in [0.25, 0.3) is 0 Å². The van der Waals surface area contributed by atoms with Crippen LogP contribution in [-0.2, 0) is 0 Å². The van der Waals surface area contributed by atoms with Crippen molar-refractivity contribution in [2.24, 2.45) is 5.10 Å². The van der Waals surface area contributed by atoms with Crippen molar-refractivity contribution in [2.75, 3.05) is 0 Å². The summed E-state index contributed by atoms with van der Waals surface area (Å²) in [6.07, 6.45) is 0. The molecule has 0 saturated heterocycles. The lowest BCUT2D eigenvalue weighted by atomic mass is 10.1. The Labute approximate surface area is 86.0 Å². The van der Waals surface area contributed by atoms with Crippen LogP contribution in [0.2, 0.25) is 0 Å². The minimum absolute atomic E-state index is 0.385. The first kappa shape index (κ1) is 10.8. The highest BCUT2D eigenvalue weighted by Crippen LogP contribution is 2.04. The molecule has 0 bridgehead atoms. The van der Waals surface area contributed by atoms with Gasteiger partial charge >= 0.3 is 0 Å². The molecule has 1 aromatic rings. The fraction of sp³-hybridized carbons (Fsp3) is 0.417. The molecule has 0 saturated carbocycles. The van der Waals surface area contributed by atoms with Gasteiger partial charge in [-0.1, -0.05) is 29.8 Å². The average Bonchev–Trinajstić information content (AvgIpc) is 2.15.